The van der Waals surface area contributed by atoms with Gasteiger partial charge in [-0.05, 0) is 19.3 Å². The molecule has 0 radical (unpaired) electrons. The largest absolute Gasteiger partial charge is 0.480 e. The predicted octanol–water partition coefficient (Wildman–Crippen LogP) is 1.20. The zero-order valence-corrected chi connectivity index (χ0v) is 10.8. The smallest absolute Gasteiger partial charge is 0.323 e. The minimum absolute atomic E-state index is 0.162. The first kappa shape index (κ1) is 13.0. The fraction of sp³-hybridized carbons (Fsp3) is 0.545. The zero-order valence-electron chi connectivity index (χ0n) is 10.0. The van der Waals surface area contributed by atoms with Gasteiger partial charge >= 0.3 is 5.97 Å². The van der Waals surface area contributed by atoms with Crippen LogP contribution in [0.3, 0.4) is 0 Å². The van der Waals surface area contributed by atoms with E-state index in [1.807, 2.05) is 5.38 Å². The molecule has 0 aliphatic heterocycles. The van der Waals surface area contributed by atoms with E-state index in [-0.39, 0.29) is 5.91 Å². The Labute approximate surface area is 108 Å². The Morgan fingerprint density at radius 1 is 1.56 bits per heavy atom. The van der Waals surface area contributed by atoms with Crippen molar-refractivity contribution in [3.8, 4) is 0 Å². The molecule has 0 unspecified atom stereocenters. The van der Waals surface area contributed by atoms with Crippen LogP contribution < -0.4 is 10.6 Å². The lowest BCUT2D eigenvalue weighted by Crippen LogP contribution is -2.56. The molecular formula is C11H15N3O3S. The van der Waals surface area contributed by atoms with Gasteiger partial charge in [-0.2, -0.15) is 0 Å². The molecule has 0 bridgehead atoms. The number of aromatic nitrogens is 1. The number of carbonyl (C=O) groups excluding carboxylic acids is 1. The van der Waals surface area contributed by atoms with Crippen molar-refractivity contribution >= 4 is 28.3 Å². The van der Waals surface area contributed by atoms with Crippen LogP contribution in [0.5, 0.6) is 0 Å². The summed E-state index contributed by atoms with van der Waals surface area (Å²) in [6.07, 6.45) is 2.25. The lowest BCUT2D eigenvalue weighted by atomic mass is 9.77. The number of carboxylic acid groups (broad SMARTS) is 1. The van der Waals surface area contributed by atoms with Crippen LogP contribution in [0.15, 0.2) is 5.38 Å². The van der Waals surface area contributed by atoms with Crippen LogP contribution in [-0.4, -0.2) is 27.5 Å². The van der Waals surface area contributed by atoms with Gasteiger partial charge in [0.25, 0.3) is 0 Å². The third-order valence-corrected chi connectivity index (χ3v) is 3.87. The molecule has 6 nitrogen and oxygen atoms in total. The molecule has 3 N–H and O–H groups in total. The molecule has 1 amide bonds. The summed E-state index contributed by atoms with van der Waals surface area (Å²) in [5, 5.41) is 17.1. The van der Waals surface area contributed by atoms with Gasteiger partial charge in [-0.1, -0.05) is 0 Å². The summed E-state index contributed by atoms with van der Waals surface area (Å²) in [6, 6.07) is 0. The highest BCUT2D eigenvalue weighted by atomic mass is 32.1. The first-order chi connectivity index (χ1) is 8.52. The number of carboxylic acids is 1. The fourth-order valence-electron chi connectivity index (χ4n) is 1.85. The van der Waals surface area contributed by atoms with Crippen LogP contribution in [0.25, 0.3) is 0 Å². The summed E-state index contributed by atoms with van der Waals surface area (Å²) < 4.78 is 0. The molecule has 0 aromatic carbocycles. The maximum absolute atomic E-state index is 11.1. The van der Waals surface area contributed by atoms with E-state index < -0.39 is 11.5 Å². The minimum Gasteiger partial charge on any atom is -0.480 e. The number of nitrogens with zero attached hydrogens (tertiary/aromatic N) is 1. The van der Waals surface area contributed by atoms with Crippen LogP contribution in [0, 0.1) is 0 Å². The van der Waals surface area contributed by atoms with E-state index in [0.717, 1.165) is 12.1 Å². The van der Waals surface area contributed by atoms with E-state index in [1.54, 1.807) is 0 Å². The Hall–Kier alpha value is -1.47. The number of amides is 1. The number of hydrogen-bond donors (Lipinski definition) is 3. The summed E-state index contributed by atoms with van der Waals surface area (Å²) in [4.78, 5) is 26.2. The lowest BCUT2D eigenvalue weighted by Gasteiger charge is -2.38. The number of hydrogen-bond acceptors (Lipinski definition) is 5. The van der Waals surface area contributed by atoms with Crippen molar-refractivity contribution in [2.24, 2.45) is 0 Å². The van der Waals surface area contributed by atoms with Crippen molar-refractivity contribution in [3.63, 3.8) is 0 Å². The third kappa shape index (κ3) is 2.68. The average Bonchev–Trinajstić information content (AvgIpc) is 2.62. The topological polar surface area (TPSA) is 91.3 Å². The van der Waals surface area contributed by atoms with Crippen molar-refractivity contribution in [3.05, 3.63) is 11.1 Å². The van der Waals surface area contributed by atoms with Crippen molar-refractivity contribution < 1.29 is 14.7 Å². The van der Waals surface area contributed by atoms with Gasteiger partial charge in [0, 0.05) is 18.8 Å². The molecular weight excluding hydrogens is 254 g/mol. The standard InChI is InChI=1S/C11H15N3O3S/c1-7(15)13-10-14-8(6-18-10)5-12-11(9(16)17)3-2-4-11/h6,12H,2-5H2,1H3,(H,16,17)(H,13,14,15). The van der Waals surface area contributed by atoms with Gasteiger partial charge in [0.05, 0.1) is 5.69 Å². The second-order valence-corrected chi connectivity index (χ2v) is 5.28. The average molecular weight is 269 g/mol. The molecule has 7 heteroatoms. The van der Waals surface area contributed by atoms with Gasteiger partial charge in [0.2, 0.25) is 5.91 Å². The van der Waals surface area contributed by atoms with Crippen molar-refractivity contribution in [1.29, 1.82) is 0 Å². The number of aliphatic carboxylic acids is 1. The number of nitrogens with one attached hydrogen (secondary N) is 2. The number of rotatable bonds is 5. The molecule has 1 fully saturated rings. The van der Waals surface area contributed by atoms with Crippen molar-refractivity contribution in [2.75, 3.05) is 5.32 Å². The predicted molar refractivity (Wildman–Crippen MR) is 67.5 cm³/mol. The highest BCUT2D eigenvalue weighted by Crippen LogP contribution is 2.32. The molecule has 98 valence electrons. The van der Waals surface area contributed by atoms with Crippen molar-refractivity contribution in [2.45, 2.75) is 38.3 Å². The molecule has 2 rings (SSSR count). The highest BCUT2D eigenvalue weighted by molar-refractivity contribution is 7.13. The molecule has 0 spiro atoms. The first-order valence-corrected chi connectivity index (χ1v) is 6.60. The van der Waals surface area contributed by atoms with E-state index in [9.17, 15) is 9.59 Å². The molecule has 1 heterocycles. The Balaban J connectivity index is 1.92. The summed E-state index contributed by atoms with van der Waals surface area (Å²) >= 11 is 1.33. The molecule has 1 aromatic rings. The highest BCUT2D eigenvalue weighted by Gasteiger charge is 2.43. The molecule has 0 atom stereocenters. The second kappa shape index (κ2) is 5.03. The van der Waals surface area contributed by atoms with E-state index in [4.69, 9.17) is 5.11 Å². The minimum atomic E-state index is -0.800. The molecule has 18 heavy (non-hydrogen) atoms. The van der Waals surface area contributed by atoms with E-state index in [0.29, 0.717) is 24.5 Å². The van der Waals surface area contributed by atoms with Gasteiger partial charge in [-0.3, -0.25) is 14.9 Å². The maximum Gasteiger partial charge on any atom is 0.323 e. The fourth-order valence-corrected chi connectivity index (χ4v) is 2.61. The van der Waals surface area contributed by atoms with Gasteiger partial charge in [-0.15, -0.1) is 11.3 Å². The van der Waals surface area contributed by atoms with Gasteiger partial charge in [0.1, 0.15) is 5.54 Å². The number of thiazole rings is 1. The van der Waals surface area contributed by atoms with E-state index >= 15 is 0 Å². The summed E-state index contributed by atoms with van der Waals surface area (Å²) in [5.74, 6) is -0.962. The van der Waals surface area contributed by atoms with Gasteiger partial charge in [0.15, 0.2) is 5.13 Å². The van der Waals surface area contributed by atoms with Gasteiger partial charge < -0.3 is 10.4 Å². The Morgan fingerprint density at radius 2 is 2.28 bits per heavy atom. The van der Waals surface area contributed by atoms with Crippen LogP contribution in [0.2, 0.25) is 0 Å². The third-order valence-electron chi connectivity index (χ3n) is 3.06. The monoisotopic (exact) mass is 269 g/mol. The Bertz CT molecular complexity index is 468. The maximum atomic E-state index is 11.1. The molecule has 1 saturated carbocycles. The summed E-state index contributed by atoms with van der Waals surface area (Å²) in [7, 11) is 0. The Kier molecular flexibility index (Phi) is 3.63. The molecule has 1 aliphatic rings. The van der Waals surface area contributed by atoms with Gasteiger partial charge in [-0.25, -0.2) is 4.98 Å². The first-order valence-electron chi connectivity index (χ1n) is 5.72. The normalized spacial score (nSPS) is 16.9. The summed E-state index contributed by atoms with van der Waals surface area (Å²) in [5.41, 5.74) is -0.0334. The lowest BCUT2D eigenvalue weighted by molar-refractivity contribution is -0.148. The zero-order chi connectivity index (χ0) is 13.2. The number of carbonyl (C=O) groups is 2. The second-order valence-electron chi connectivity index (χ2n) is 4.42. The molecule has 1 aliphatic carbocycles. The van der Waals surface area contributed by atoms with Crippen LogP contribution in [0.1, 0.15) is 31.9 Å². The van der Waals surface area contributed by atoms with Crippen LogP contribution in [-0.2, 0) is 16.1 Å². The Morgan fingerprint density at radius 3 is 2.78 bits per heavy atom. The van der Waals surface area contributed by atoms with E-state index in [1.165, 1.54) is 18.3 Å². The SMILES string of the molecule is CC(=O)Nc1nc(CNC2(C(=O)O)CCC2)cs1. The van der Waals surface area contributed by atoms with Crippen LogP contribution in [0.4, 0.5) is 5.13 Å². The molecule has 0 saturated heterocycles. The van der Waals surface area contributed by atoms with Crippen molar-refractivity contribution in [1.82, 2.24) is 10.3 Å². The van der Waals surface area contributed by atoms with E-state index in [2.05, 4.69) is 15.6 Å². The molecule has 1 aromatic heterocycles. The number of anilines is 1. The van der Waals surface area contributed by atoms with Crippen LogP contribution >= 0.6 is 11.3 Å². The summed E-state index contributed by atoms with van der Waals surface area (Å²) in [6.45, 7) is 1.83. The quantitative estimate of drug-likeness (QED) is 0.747.